The normalized spacial score (nSPS) is 16.3. The van der Waals surface area contributed by atoms with Gasteiger partial charge < -0.3 is 14.6 Å². The van der Waals surface area contributed by atoms with Gasteiger partial charge in [0.2, 0.25) is 0 Å². The van der Waals surface area contributed by atoms with E-state index >= 15 is 0 Å². The third kappa shape index (κ3) is 5.07. The first-order valence-corrected chi connectivity index (χ1v) is 8.74. The molecule has 0 heterocycles. The zero-order valence-corrected chi connectivity index (χ0v) is 14.5. The molecule has 0 saturated carbocycles. The first kappa shape index (κ1) is 17.5. The summed E-state index contributed by atoms with van der Waals surface area (Å²) in [5.74, 6) is 0.0798. The Labute approximate surface area is 148 Å². The van der Waals surface area contributed by atoms with Crippen molar-refractivity contribution in [3.8, 4) is 5.75 Å². The summed E-state index contributed by atoms with van der Waals surface area (Å²) in [4.78, 5) is 10.6. The number of fused-ring (bicyclic) bond motifs is 1. The Morgan fingerprint density at radius 2 is 1.96 bits per heavy atom. The molecule has 0 aromatic heterocycles. The monoisotopic (exact) mass is 340 g/mol. The molecule has 2 aromatic carbocycles. The fraction of sp³-hybridized carbons (Fsp3) is 0.381. The van der Waals surface area contributed by atoms with Gasteiger partial charge in [-0.1, -0.05) is 35.9 Å². The summed E-state index contributed by atoms with van der Waals surface area (Å²) < 4.78 is 11.6. The van der Waals surface area contributed by atoms with Crippen molar-refractivity contribution in [2.24, 2.45) is 0 Å². The van der Waals surface area contributed by atoms with E-state index in [0.717, 1.165) is 30.6 Å². The van der Waals surface area contributed by atoms with Gasteiger partial charge in [0.25, 0.3) is 0 Å². The Kier molecular flexibility index (Phi) is 5.71. The lowest BCUT2D eigenvalue weighted by atomic mass is 9.89. The van der Waals surface area contributed by atoms with Crippen molar-refractivity contribution >= 4 is 5.97 Å². The summed E-state index contributed by atoms with van der Waals surface area (Å²) in [6.07, 6.45) is 2.89. The van der Waals surface area contributed by atoms with Gasteiger partial charge in [-0.05, 0) is 55.0 Å². The quantitative estimate of drug-likeness (QED) is 0.830. The minimum absolute atomic E-state index is 0.0646. The molecule has 0 amide bonds. The van der Waals surface area contributed by atoms with Gasteiger partial charge in [-0.15, -0.1) is 0 Å². The van der Waals surface area contributed by atoms with E-state index in [-0.39, 0.29) is 19.1 Å². The Balaban J connectivity index is 1.54. The summed E-state index contributed by atoms with van der Waals surface area (Å²) in [5, 5.41) is 8.68. The van der Waals surface area contributed by atoms with E-state index in [1.807, 2.05) is 6.07 Å². The Hall–Kier alpha value is -2.33. The van der Waals surface area contributed by atoms with Crippen LogP contribution in [0.5, 0.6) is 5.75 Å². The fourth-order valence-corrected chi connectivity index (χ4v) is 3.09. The Morgan fingerprint density at radius 1 is 1.16 bits per heavy atom. The maximum atomic E-state index is 10.6. The number of rotatable bonds is 7. The number of aryl methyl sites for hydroxylation is 2. The van der Waals surface area contributed by atoms with E-state index in [1.54, 1.807) is 0 Å². The SMILES string of the molecule is Cc1ccc(COc2ccc3c(c2)CCC(OCCC(=O)O)C3)cc1. The molecular weight excluding hydrogens is 316 g/mol. The molecule has 0 bridgehead atoms. The van der Waals surface area contributed by atoms with E-state index in [2.05, 4.69) is 43.3 Å². The number of ether oxygens (including phenoxy) is 2. The summed E-state index contributed by atoms with van der Waals surface area (Å²) in [6.45, 7) is 2.93. The van der Waals surface area contributed by atoms with Crippen LogP contribution in [0.3, 0.4) is 0 Å². The van der Waals surface area contributed by atoms with Gasteiger partial charge in [-0.2, -0.15) is 0 Å². The second kappa shape index (κ2) is 8.17. The lowest BCUT2D eigenvalue weighted by molar-refractivity contribution is -0.138. The van der Waals surface area contributed by atoms with E-state index < -0.39 is 5.97 Å². The number of hydrogen-bond acceptors (Lipinski definition) is 3. The van der Waals surface area contributed by atoms with Crippen LogP contribution in [-0.2, 0) is 29.0 Å². The van der Waals surface area contributed by atoms with Gasteiger partial charge in [-0.3, -0.25) is 4.79 Å². The van der Waals surface area contributed by atoms with Crippen LogP contribution >= 0.6 is 0 Å². The molecule has 0 spiro atoms. The van der Waals surface area contributed by atoms with Crippen LogP contribution in [-0.4, -0.2) is 23.8 Å². The van der Waals surface area contributed by atoms with Crippen molar-refractivity contribution in [1.29, 1.82) is 0 Å². The fourth-order valence-electron chi connectivity index (χ4n) is 3.09. The highest BCUT2D eigenvalue weighted by Crippen LogP contribution is 2.27. The molecule has 4 nitrogen and oxygen atoms in total. The molecule has 1 unspecified atom stereocenters. The van der Waals surface area contributed by atoms with Crippen LogP contribution in [0, 0.1) is 6.92 Å². The molecule has 0 fully saturated rings. The Morgan fingerprint density at radius 3 is 2.72 bits per heavy atom. The smallest absolute Gasteiger partial charge is 0.305 e. The number of benzene rings is 2. The lowest BCUT2D eigenvalue weighted by Gasteiger charge is -2.25. The molecule has 25 heavy (non-hydrogen) atoms. The second-order valence-corrected chi connectivity index (χ2v) is 6.58. The first-order valence-electron chi connectivity index (χ1n) is 8.74. The minimum atomic E-state index is -0.813. The zero-order chi connectivity index (χ0) is 17.6. The van der Waals surface area contributed by atoms with Crippen LogP contribution in [0.4, 0.5) is 0 Å². The number of hydrogen-bond donors (Lipinski definition) is 1. The van der Waals surface area contributed by atoms with Gasteiger partial charge in [0.15, 0.2) is 0 Å². The molecule has 0 radical (unpaired) electrons. The minimum Gasteiger partial charge on any atom is -0.489 e. The van der Waals surface area contributed by atoms with Gasteiger partial charge in [0.05, 0.1) is 19.1 Å². The lowest BCUT2D eigenvalue weighted by Crippen LogP contribution is -2.23. The second-order valence-electron chi connectivity index (χ2n) is 6.58. The van der Waals surface area contributed by atoms with E-state index in [1.165, 1.54) is 16.7 Å². The van der Waals surface area contributed by atoms with Crippen molar-refractivity contribution < 1.29 is 19.4 Å². The average molecular weight is 340 g/mol. The highest BCUT2D eigenvalue weighted by Gasteiger charge is 2.19. The molecule has 1 aliphatic carbocycles. The van der Waals surface area contributed by atoms with Gasteiger partial charge in [0, 0.05) is 0 Å². The van der Waals surface area contributed by atoms with E-state index in [9.17, 15) is 4.79 Å². The molecule has 4 heteroatoms. The summed E-state index contributed by atoms with van der Waals surface area (Å²) in [6, 6.07) is 14.6. The van der Waals surface area contributed by atoms with Gasteiger partial charge in [0.1, 0.15) is 12.4 Å². The number of carboxylic acids is 1. The molecule has 0 saturated heterocycles. The molecule has 1 atom stereocenters. The van der Waals surface area contributed by atoms with Crippen LogP contribution in [0.25, 0.3) is 0 Å². The molecule has 132 valence electrons. The number of aliphatic carboxylic acids is 1. The van der Waals surface area contributed by atoms with Crippen LogP contribution < -0.4 is 4.74 Å². The van der Waals surface area contributed by atoms with Crippen molar-refractivity contribution in [3.05, 3.63) is 64.7 Å². The molecule has 1 aliphatic rings. The third-order valence-electron chi connectivity index (χ3n) is 4.56. The zero-order valence-electron chi connectivity index (χ0n) is 14.5. The summed E-state index contributed by atoms with van der Waals surface area (Å²) >= 11 is 0. The van der Waals surface area contributed by atoms with Gasteiger partial charge >= 0.3 is 5.97 Å². The highest BCUT2D eigenvalue weighted by molar-refractivity contribution is 5.66. The van der Waals surface area contributed by atoms with Gasteiger partial charge in [-0.25, -0.2) is 0 Å². The average Bonchev–Trinajstić information content (AvgIpc) is 2.61. The summed E-state index contributed by atoms with van der Waals surface area (Å²) in [5.41, 5.74) is 4.99. The number of carboxylic acid groups (broad SMARTS) is 1. The Bertz CT molecular complexity index is 721. The van der Waals surface area contributed by atoms with Crippen LogP contribution in [0.2, 0.25) is 0 Å². The summed E-state index contributed by atoms with van der Waals surface area (Å²) in [7, 11) is 0. The predicted molar refractivity (Wildman–Crippen MR) is 96.0 cm³/mol. The van der Waals surface area contributed by atoms with Crippen molar-refractivity contribution in [3.63, 3.8) is 0 Å². The van der Waals surface area contributed by atoms with Crippen LogP contribution in [0.15, 0.2) is 42.5 Å². The standard InChI is InChI=1S/C21H24O4/c1-15-2-4-16(5-3-15)14-25-20-9-7-17-12-19(8-6-18(17)13-20)24-11-10-21(22)23/h2-5,7,9,13,19H,6,8,10-12,14H2,1H3,(H,22,23). The van der Waals surface area contributed by atoms with Crippen molar-refractivity contribution in [1.82, 2.24) is 0 Å². The molecule has 1 N–H and O–H groups in total. The molecular formula is C21H24O4. The van der Waals surface area contributed by atoms with Crippen molar-refractivity contribution in [2.45, 2.75) is 45.3 Å². The number of carbonyl (C=O) groups is 1. The maximum absolute atomic E-state index is 10.6. The van der Waals surface area contributed by atoms with Crippen LogP contribution in [0.1, 0.15) is 35.1 Å². The maximum Gasteiger partial charge on any atom is 0.305 e. The third-order valence-corrected chi connectivity index (χ3v) is 4.56. The molecule has 0 aliphatic heterocycles. The highest BCUT2D eigenvalue weighted by atomic mass is 16.5. The van der Waals surface area contributed by atoms with Crippen molar-refractivity contribution in [2.75, 3.05) is 6.61 Å². The van der Waals surface area contributed by atoms with E-state index in [4.69, 9.17) is 14.6 Å². The molecule has 3 rings (SSSR count). The van der Waals surface area contributed by atoms with E-state index in [0.29, 0.717) is 6.61 Å². The molecule has 2 aromatic rings. The first-order chi connectivity index (χ1) is 12.1. The topological polar surface area (TPSA) is 55.8 Å². The largest absolute Gasteiger partial charge is 0.489 e. The predicted octanol–water partition coefficient (Wildman–Crippen LogP) is 3.92.